The predicted octanol–water partition coefficient (Wildman–Crippen LogP) is 4.43. The lowest BCUT2D eigenvalue weighted by molar-refractivity contribution is -0.131. The SMILES string of the molecule is Cc1ccc(C(=O)N(C)c2ccc(OC(=O)CSC(F)(F)F)cc2)cc1. The average Bonchev–Trinajstić information content (AvgIpc) is 2.59. The molecule has 0 aliphatic carbocycles. The third-order valence-electron chi connectivity index (χ3n) is 3.41. The molecule has 4 nitrogen and oxygen atoms in total. The van der Waals surface area contributed by atoms with Gasteiger partial charge in [0.05, 0.1) is 0 Å². The lowest BCUT2D eigenvalue weighted by Crippen LogP contribution is -2.26. The predicted molar refractivity (Wildman–Crippen MR) is 94.5 cm³/mol. The number of halogens is 3. The number of benzene rings is 2. The molecule has 26 heavy (non-hydrogen) atoms. The molecule has 0 aliphatic heterocycles. The van der Waals surface area contributed by atoms with Crippen LogP contribution in [0.4, 0.5) is 18.9 Å². The molecule has 8 heteroatoms. The molecule has 0 bridgehead atoms. The van der Waals surface area contributed by atoms with E-state index < -0.39 is 29.0 Å². The molecule has 0 saturated carbocycles. The number of alkyl halides is 3. The number of esters is 1. The van der Waals surface area contributed by atoms with E-state index in [1.807, 2.05) is 19.1 Å². The van der Waals surface area contributed by atoms with Crippen molar-refractivity contribution in [2.45, 2.75) is 12.4 Å². The second-order valence-corrected chi connectivity index (χ2v) is 6.47. The maximum absolute atomic E-state index is 12.4. The zero-order valence-electron chi connectivity index (χ0n) is 14.0. The van der Waals surface area contributed by atoms with Crippen molar-refractivity contribution in [3.63, 3.8) is 0 Å². The van der Waals surface area contributed by atoms with Gasteiger partial charge in [0.25, 0.3) is 5.91 Å². The molecule has 138 valence electrons. The zero-order chi connectivity index (χ0) is 19.3. The molecule has 0 saturated heterocycles. The van der Waals surface area contributed by atoms with Crippen LogP contribution in [-0.2, 0) is 4.79 Å². The highest BCUT2D eigenvalue weighted by atomic mass is 32.2. The summed E-state index contributed by atoms with van der Waals surface area (Å²) in [6.07, 6.45) is 0. The number of hydrogen-bond acceptors (Lipinski definition) is 4. The van der Waals surface area contributed by atoms with E-state index in [1.54, 1.807) is 31.3 Å². The van der Waals surface area contributed by atoms with E-state index in [9.17, 15) is 22.8 Å². The second-order valence-electron chi connectivity index (χ2n) is 5.43. The first kappa shape index (κ1) is 19.8. The van der Waals surface area contributed by atoms with Crippen LogP contribution in [0.3, 0.4) is 0 Å². The van der Waals surface area contributed by atoms with E-state index >= 15 is 0 Å². The lowest BCUT2D eigenvalue weighted by atomic mass is 10.1. The monoisotopic (exact) mass is 383 g/mol. The summed E-state index contributed by atoms with van der Waals surface area (Å²) in [5.41, 5.74) is -2.36. The van der Waals surface area contributed by atoms with Crippen LogP contribution < -0.4 is 9.64 Å². The van der Waals surface area contributed by atoms with E-state index in [4.69, 9.17) is 4.74 Å². The van der Waals surface area contributed by atoms with Crippen LogP contribution in [0, 0.1) is 6.92 Å². The van der Waals surface area contributed by atoms with Crippen molar-refractivity contribution >= 4 is 29.3 Å². The molecular weight excluding hydrogens is 367 g/mol. The van der Waals surface area contributed by atoms with Crippen LogP contribution in [0.15, 0.2) is 48.5 Å². The molecule has 2 aromatic rings. The van der Waals surface area contributed by atoms with Crippen LogP contribution in [-0.4, -0.2) is 30.2 Å². The number of anilines is 1. The average molecular weight is 383 g/mol. The molecule has 2 rings (SSSR count). The maximum atomic E-state index is 12.4. The summed E-state index contributed by atoms with van der Waals surface area (Å²) in [7, 11) is 1.60. The molecule has 0 fully saturated rings. The Morgan fingerprint density at radius 3 is 2.15 bits per heavy atom. The topological polar surface area (TPSA) is 46.6 Å². The number of amides is 1. The van der Waals surface area contributed by atoms with E-state index in [-0.39, 0.29) is 11.7 Å². The number of carbonyl (C=O) groups excluding carboxylic acids is 2. The molecule has 0 N–H and O–H groups in total. The molecule has 0 atom stereocenters. The Hall–Kier alpha value is -2.48. The fourth-order valence-corrected chi connectivity index (χ4v) is 2.39. The highest BCUT2D eigenvalue weighted by Gasteiger charge is 2.29. The Balaban J connectivity index is 1.98. The van der Waals surface area contributed by atoms with Crippen molar-refractivity contribution in [2.75, 3.05) is 17.7 Å². The van der Waals surface area contributed by atoms with Crippen LogP contribution >= 0.6 is 11.8 Å². The van der Waals surface area contributed by atoms with E-state index in [0.29, 0.717) is 11.3 Å². The largest absolute Gasteiger partial charge is 0.442 e. The van der Waals surface area contributed by atoms with Gasteiger partial charge in [-0.15, -0.1) is 0 Å². The number of aryl methyl sites for hydroxylation is 1. The number of ether oxygens (including phenoxy) is 1. The first-order chi connectivity index (χ1) is 12.2. The first-order valence-corrected chi connectivity index (χ1v) is 8.50. The summed E-state index contributed by atoms with van der Waals surface area (Å²) in [6, 6.07) is 13.1. The standard InChI is InChI=1S/C18H16F3NO3S/c1-12-3-5-13(6-4-12)17(24)22(2)14-7-9-15(10-8-14)25-16(23)11-26-18(19,20)21/h3-10H,11H2,1-2H3. The van der Waals surface area contributed by atoms with Gasteiger partial charge in [0.2, 0.25) is 0 Å². The van der Waals surface area contributed by atoms with Gasteiger partial charge in [0.15, 0.2) is 0 Å². The van der Waals surface area contributed by atoms with Crippen molar-refractivity contribution < 1.29 is 27.5 Å². The molecule has 0 unspecified atom stereocenters. The Kier molecular flexibility index (Phi) is 6.31. The third kappa shape index (κ3) is 5.80. The zero-order valence-corrected chi connectivity index (χ0v) is 14.9. The van der Waals surface area contributed by atoms with Crippen molar-refractivity contribution in [2.24, 2.45) is 0 Å². The molecular formula is C18H16F3NO3S. The van der Waals surface area contributed by atoms with Crippen molar-refractivity contribution in [3.8, 4) is 5.75 Å². The normalized spacial score (nSPS) is 11.1. The van der Waals surface area contributed by atoms with E-state index in [2.05, 4.69) is 0 Å². The Bertz CT molecular complexity index is 774. The Morgan fingerprint density at radius 2 is 1.62 bits per heavy atom. The van der Waals surface area contributed by atoms with Crippen LogP contribution in [0.2, 0.25) is 0 Å². The highest BCUT2D eigenvalue weighted by molar-refractivity contribution is 8.00. The van der Waals surface area contributed by atoms with Gasteiger partial charge in [0, 0.05) is 18.3 Å². The van der Waals surface area contributed by atoms with Crippen LogP contribution in [0.25, 0.3) is 0 Å². The van der Waals surface area contributed by atoms with Gasteiger partial charge in [-0.1, -0.05) is 17.7 Å². The quantitative estimate of drug-likeness (QED) is 0.566. The minimum Gasteiger partial charge on any atom is -0.426 e. The Labute approximate surface area is 152 Å². The van der Waals surface area contributed by atoms with Gasteiger partial charge in [0.1, 0.15) is 11.5 Å². The van der Waals surface area contributed by atoms with Gasteiger partial charge in [-0.05, 0) is 55.1 Å². The van der Waals surface area contributed by atoms with Gasteiger partial charge in [-0.2, -0.15) is 13.2 Å². The van der Waals surface area contributed by atoms with Gasteiger partial charge < -0.3 is 9.64 Å². The Morgan fingerprint density at radius 1 is 1.04 bits per heavy atom. The molecule has 0 spiro atoms. The number of hydrogen-bond donors (Lipinski definition) is 0. The van der Waals surface area contributed by atoms with Crippen molar-refractivity contribution in [3.05, 3.63) is 59.7 Å². The summed E-state index contributed by atoms with van der Waals surface area (Å²) in [5.74, 6) is -1.92. The number of thioether (sulfide) groups is 1. The van der Waals surface area contributed by atoms with Crippen molar-refractivity contribution in [1.29, 1.82) is 0 Å². The number of nitrogens with zero attached hydrogens (tertiary/aromatic N) is 1. The summed E-state index contributed by atoms with van der Waals surface area (Å²) >= 11 is -0.456. The smallest absolute Gasteiger partial charge is 0.426 e. The minimum absolute atomic E-state index is 0.109. The summed E-state index contributed by atoms with van der Waals surface area (Å²) in [4.78, 5) is 25.2. The molecule has 0 radical (unpaired) electrons. The first-order valence-electron chi connectivity index (χ1n) is 7.52. The lowest BCUT2D eigenvalue weighted by Gasteiger charge is -2.18. The molecule has 1 amide bonds. The minimum atomic E-state index is -4.48. The summed E-state index contributed by atoms with van der Waals surface area (Å²) in [6.45, 7) is 1.92. The fraction of sp³-hybridized carbons (Fsp3) is 0.222. The molecule has 0 aromatic heterocycles. The molecule has 0 heterocycles. The van der Waals surface area contributed by atoms with Gasteiger partial charge in [-0.25, -0.2) is 0 Å². The molecule has 2 aromatic carbocycles. The third-order valence-corrected chi connectivity index (χ3v) is 4.12. The maximum Gasteiger partial charge on any atom is 0.442 e. The number of carbonyl (C=O) groups is 2. The van der Waals surface area contributed by atoms with Gasteiger partial charge >= 0.3 is 11.5 Å². The van der Waals surface area contributed by atoms with Gasteiger partial charge in [-0.3, -0.25) is 9.59 Å². The highest BCUT2D eigenvalue weighted by Crippen LogP contribution is 2.30. The summed E-state index contributed by atoms with van der Waals surface area (Å²) < 4.78 is 41.0. The number of rotatable bonds is 5. The molecule has 0 aliphatic rings. The second kappa shape index (κ2) is 8.27. The van der Waals surface area contributed by atoms with E-state index in [1.165, 1.54) is 17.0 Å². The van der Waals surface area contributed by atoms with Crippen LogP contribution in [0.1, 0.15) is 15.9 Å². The van der Waals surface area contributed by atoms with Crippen LogP contribution in [0.5, 0.6) is 5.75 Å². The van der Waals surface area contributed by atoms with Crippen molar-refractivity contribution in [1.82, 2.24) is 0 Å². The summed E-state index contributed by atoms with van der Waals surface area (Å²) in [5, 5.41) is 0. The van der Waals surface area contributed by atoms with E-state index in [0.717, 1.165) is 5.56 Å². The fourth-order valence-electron chi connectivity index (χ4n) is 2.05.